The van der Waals surface area contributed by atoms with Gasteiger partial charge in [-0.15, -0.1) is 0 Å². The van der Waals surface area contributed by atoms with E-state index >= 15 is 0 Å². The highest BCUT2D eigenvalue weighted by Crippen LogP contribution is 2.17. The summed E-state index contributed by atoms with van der Waals surface area (Å²) in [6.45, 7) is 3.78. The molecule has 1 rings (SSSR count). The van der Waals surface area contributed by atoms with Gasteiger partial charge in [-0.25, -0.2) is 8.78 Å². The molecule has 0 saturated heterocycles. The lowest BCUT2D eigenvalue weighted by atomic mass is 10.1. The Balaban J connectivity index is 2.89. The van der Waals surface area contributed by atoms with Gasteiger partial charge in [0.05, 0.1) is 11.3 Å². The van der Waals surface area contributed by atoms with Crippen molar-refractivity contribution >= 4 is 11.6 Å². The molecule has 1 unspecified atom stereocenters. The summed E-state index contributed by atoms with van der Waals surface area (Å²) in [4.78, 5) is 11.7. The van der Waals surface area contributed by atoms with Gasteiger partial charge in [-0.3, -0.25) is 4.79 Å². The van der Waals surface area contributed by atoms with Crippen LogP contribution in [-0.2, 0) is 0 Å². The van der Waals surface area contributed by atoms with Gasteiger partial charge in [0.1, 0.15) is 5.82 Å². The molecule has 0 heterocycles. The number of halogens is 2. The number of carbonyl (C=O) groups is 1. The van der Waals surface area contributed by atoms with Crippen LogP contribution in [0.3, 0.4) is 0 Å². The van der Waals surface area contributed by atoms with Gasteiger partial charge in [-0.05, 0) is 25.5 Å². The Morgan fingerprint density at radius 3 is 2.71 bits per heavy atom. The van der Waals surface area contributed by atoms with E-state index in [-0.39, 0.29) is 17.3 Å². The lowest BCUT2D eigenvalue weighted by Gasteiger charge is -2.13. The molecule has 0 saturated carbocycles. The molecule has 0 fully saturated rings. The minimum atomic E-state index is -0.882. The number of rotatable bonds is 4. The number of amides is 1. The van der Waals surface area contributed by atoms with Crippen molar-refractivity contribution in [2.75, 3.05) is 5.73 Å². The van der Waals surface area contributed by atoms with Gasteiger partial charge in [-0.1, -0.05) is 13.3 Å². The topological polar surface area (TPSA) is 55.1 Å². The zero-order valence-corrected chi connectivity index (χ0v) is 9.89. The first-order chi connectivity index (χ1) is 7.95. The zero-order valence-electron chi connectivity index (χ0n) is 9.89. The molecule has 0 radical (unpaired) electrons. The van der Waals surface area contributed by atoms with Crippen LogP contribution < -0.4 is 11.1 Å². The van der Waals surface area contributed by atoms with Crippen molar-refractivity contribution in [3.05, 3.63) is 29.3 Å². The van der Waals surface area contributed by atoms with E-state index in [2.05, 4.69) is 5.32 Å². The highest BCUT2D eigenvalue weighted by molar-refractivity contribution is 5.95. The molecule has 3 N–H and O–H groups in total. The highest BCUT2D eigenvalue weighted by Gasteiger charge is 2.17. The van der Waals surface area contributed by atoms with Crippen molar-refractivity contribution in [1.29, 1.82) is 0 Å². The van der Waals surface area contributed by atoms with Gasteiger partial charge >= 0.3 is 0 Å². The van der Waals surface area contributed by atoms with Crippen molar-refractivity contribution < 1.29 is 13.6 Å². The van der Waals surface area contributed by atoms with E-state index < -0.39 is 17.5 Å². The Morgan fingerprint density at radius 1 is 1.47 bits per heavy atom. The fourth-order valence-corrected chi connectivity index (χ4v) is 1.58. The van der Waals surface area contributed by atoms with Crippen LogP contribution in [0.2, 0.25) is 0 Å². The molecule has 1 aromatic carbocycles. The summed E-state index contributed by atoms with van der Waals surface area (Å²) in [7, 11) is 0. The highest BCUT2D eigenvalue weighted by atomic mass is 19.1. The maximum absolute atomic E-state index is 13.5. The van der Waals surface area contributed by atoms with E-state index in [1.807, 2.05) is 13.8 Å². The van der Waals surface area contributed by atoms with Crippen LogP contribution in [-0.4, -0.2) is 11.9 Å². The first kappa shape index (κ1) is 13.4. The van der Waals surface area contributed by atoms with E-state index in [0.717, 1.165) is 25.0 Å². The van der Waals surface area contributed by atoms with Crippen molar-refractivity contribution in [1.82, 2.24) is 5.32 Å². The predicted molar refractivity (Wildman–Crippen MR) is 62.6 cm³/mol. The van der Waals surface area contributed by atoms with Crippen molar-refractivity contribution in [3.8, 4) is 0 Å². The standard InChI is InChI=1S/C12H16F2N2O/c1-3-4-7(2)16-12(17)9-5-8(13)6-10(15)11(9)14/h5-7H,3-4,15H2,1-2H3,(H,16,17). The SMILES string of the molecule is CCCC(C)NC(=O)c1cc(F)cc(N)c1F. The molecule has 0 aliphatic heterocycles. The zero-order chi connectivity index (χ0) is 13.0. The van der Waals surface area contributed by atoms with E-state index in [4.69, 9.17) is 5.73 Å². The minimum absolute atomic E-state index is 0.0867. The second-order valence-electron chi connectivity index (χ2n) is 4.02. The first-order valence-electron chi connectivity index (χ1n) is 5.51. The molecular weight excluding hydrogens is 226 g/mol. The van der Waals surface area contributed by atoms with E-state index in [9.17, 15) is 13.6 Å². The third-order valence-corrected chi connectivity index (χ3v) is 2.41. The van der Waals surface area contributed by atoms with Crippen LogP contribution in [0.15, 0.2) is 12.1 Å². The fraction of sp³-hybridized carbons (Fsp3) is 0.417. The second kappa shape index (κ2) is 5.61. The minimum Gasteiger partial charge on any atom is -0.396 e. The second-order valence-corrected chi connectivity index (χ2v) is 4.02. The summed E-state index contributed by atoms with van der Waals surface area (Å²) in [5, 5.41) is 2.59. The van der Waals surface area contributed by atoms with Crippen LogP contribution in [0, 0.1) is 11.6 Å². The van der Waals surface area contributed by atoms with Gasteiger partial charge in [-0.2, -0.15) is 0 Å². The van der Waals surface area contributed by atoms with Gasteiger partial charge in [0, 0.05) is 6.04 Å². The van der Waals surface area contributed by atoms with E-state index in [1.54, 1.807) is 0 Å². The molecule has 0 spiro atoms. The maximum Gasteiger partial charge on any atom is 0.254 e. The lowest BCUT2D eigenvalue weighted by molar-refractivity contribution is 0.0934. The molecule has 0 aliphatic carbocycles. The summed E-state index contributed by atoms with van der Waals surface area (Å²) < 4.78 is 26.5. The largest absolute Gasteiger partial charge is 0.396 e. The predicted octanol–water partition coefficient (Wildman–Crippen LogP) is 2.47. The molecule has 1 atom stereocenters. The molecule has 94 valence electrons. The molecule has 3 nitrogen and oxygen atoms in total. The molecule has 0 aliphatic rings. The third-order valence-electron chi connectivity index (χ3n) is 2.41. The average Bonchev–Trinajstić information content (AvgIpc) is 2.23. The van der Waals surface area contributed by atoms with Gasteiger partial charge in [0.25, 0.3) is 5.91 Å². The number of benzene rings is 1. The molecule has 0 aromatic heterocycles. The first-order valence-corrected chi connectivity index (χ1v) is 5.51. The van der Waals surface area contributed by atoms with Gasteiger partial charge < -0.3 is 11.1 Å². The summed E-state index contributed by atoms with van der Waals surface area (Å²) in [5.74, 6) is -2.25. The molecule has 1 amide bonds. The summed E-state index contributed by atoms with van der Waals surface area (Å²) >= 11 is 0. The molecule has 1 aromatic rings. The average molecular weight is 242 g/mol. The maximum atomic E-state index is 13.5. The summed E-state index contributed by atoms with van der Waals surface area (Å²) in [5.41, 5.74) is 4.53. The fourth-order valence-electron chi connectivity index (χ4n) is 1.58. The summed E-state index contributed by atoms with van der Waals surface area (Å²) in [6.07, 6.45) is 1.67. The molecule has 5 heteroatoms. The number of nitrogens with two attached hydrogens (primary N) is 1. The van der Waals surface area contributed by atoms with Crippen molar-refractivity contribution in [2.45, 2.75) is 32.7 Å². The normalized spacial score (nSPS) is 12.2. The number of hydrogen-bond donors (Lipinski definition) is 2. The Morgan fingerprint density at radius 2 is 2.12 bits per heavy atom. The van der Waals surface area contributed by atoms with Crippen LogP contribution in [0.1, 0.15) is 37.0 Å². The molecule has 17 heavy (non-hydrogen) atoms. The van der Waals surface area contributed by atoms with E-state index in [1.165, 1.54) is 0 Å². The van der Waals surface area contributed by atoms with Crippen molar-refractivity contribution in [3.63, 3.8) is 0 Å². The lowest BCUT2D eigenvalue weighted by Crippen LogP contribution is -2.33. The van der Waals surface area contributed by atoms with Gasteiger partial charge in [0.2, 0.25) is 0 Å². The Bertz CT molecular complexity index is 421. The van der Waals surface area contributed by atoms with Gasteiger partial charge in [0.15, 0.2) is 5.82 Å². The Kier molecular flexibility index (Phi) is 4.43. The number of anilines is 1. The smallest absolute Gasteiger partial charge is 0.254 e. The Hall–Kier alpha value is -1.65. The molecule has 0 bridgehead atoms. The van der Waals surface area contributed by atoms with Crippen LogP contribution >= 0.6 is 0 Å². The Labute approximate surface area is 99.0 Å². The summed E-state index contributed by atoms with van der Waals surface area (Å²) in [6, 6.07) is 1.61. The molecular formula is C12H16F2N2O. The van der Waals surface area contributed by atoms with Crippen molar-refractivity contribution in [2.24, 2.45) is 0 Å². The van der Waals surface area contributed by atoms with E-state index in [0.29, 0.717) is 0 Å². The number of nitrogen functional groups attached to an aromatic ring is 1. The van der Waals surface area contributed by atoms with Crippen LogP contribution in [0.4, 0.5) is 14.5 Å². The quantitative estimate of drug-likeness (QED) is 0.797. The number of carbonyl (C=O) groups excluding carboxylic acids is 1. The monoisotopic (exact) mass is 242 g/mol. The third kappa shape index (κ3) is 3.41. The number of hydrogen-bond acceptors (Lipinski definition) is 2. The van der Waals surface area contributed by atoms with Crippen LogP contribution in [0.5, 0.6) is 0 Å². The number of nitrogens with one attached hydrogen (secondary N) is 1. The van der Waals surface area contributed by atoms with Crippen LogP contribution in [0.25, 0.3) is 0 Å².